The van der Waals surface area contributed by atoms with Gasteiger partial charge in [0, 0.05) is 13.5 Å². The van der Waals surface area contributed by atoms with Gasteiger partial charge in [0.2, 0.25) is 0 Å². The number of rotatable bonds is 3. The van der Waals surface area contributed by atoms with Crippen molar-refractivity contribution in [3.63, 3.8) is 0 Å². The van der Waals surface area contributed by atoms with Gasteiger partial charge in [0.05, 0.1) is 18.0 Å². The summed E-state index contributed by atoms with van der Waals surface area (Å²) in [5.74, 6) is -1.06. The monoisotopic (exact) mass is 252 g/mol. The normalized spacial score (nSPS) is 12.7. The van der Waals surface area contributed by atoms with Crippen LogP contribution in [-0.2, 0) is 13.5 Å². The van der Waals surface area contributed by atoms with Gasteiger partial charge < -0.3 is 9.67 Å². The predicted molar refractivity (Wildman–Crippen MR) is 63.0 cm³/mol. The summed E-state index contributed by atoms with van der Waals surface area (Å²) in [5.41, 5.74) is 0.734. The van der Waals surface area contributed by atoms with Gasteiger partial charge in [-0.15, -0.1) is 0 Å². The van der Waals surface area contributed by atoms with E-state index in [1.54, 1.807) is 18.5 Å². The second-order valence-corrected chi connectivity index (χ2v) is 4.22. The number of aromatic nitrogens is 2. The summed E-state index contributed by atoms with van der Waals surface area (Å²) >= 11 is 0. The molecule has 0 radical (unpaired) electrons. The maximum atomic E-state index is 13.5. The molecule has 0 amide bonds. The van der Waals surface area contributed by atoms with Gasteiger partial charge in [0.1, 0.15) is 5.82 Å². The minimum atomic E-state index is -0.910. The maximum absolute atomic E-state index is 13.5. The summed E-state index contributed by atoms with van der Waals surface area (Å²) in [6.07, 6.45) is 0.646. The average Bonchev–Trinajstić information content (AvgIpc) is 2.66. The van der Waals surface area contributed by atoms with Crippen molar-refractivity contribution in [1.82, 2.24) is 9.55 Å². The molecule has 3 nitrogen and oxygen atoms in total. The van der Waals surface area contributed by atoms with Crippen LogP contribution in [0.4, 0.5) is 8.78 Å². The predicted octanol–water partition coefficient (Wildman–Crippen LogP) is 2.28. The molecule has 0 aliphatic carbocycles. The molecule has 96 valence electrons. The van der Waals surface area contributed by atoms with Gasteiger partial charge in [-0.25, -0.2) is 13.8 Å². The van der Waals surface area contributed by atoms with Crippen molar-refractivity contribution < 1.29 is 13.9 Å². The topological polar surface area (TPSA) is 38.1 Å². The van der Waals surface area contributed by atoms with Gasteiger partial charge in [-0.2, -0.15) is 0 Å². The zero-order chi connectivity index (χ0) is 13.3. The van der Waals surface area contributed by atoms with Crippen LogP contribution in [0.15, 0.2) is 24.4 Å². The van der Waals surface area contributed by atoms with E-state index in [-0.39, 0.29) is 12.0 Å². The first-order valence-corrected chi connectivity index (χ1v) is 5.60. The highest BCUT2D eigenvalue weighted by atomic mass is 19.2. The molecule has 0 bridgehead atoms. The highest BCUT2D eigenvalue weighted by molar-refractivity contribution is 5.21. The van der Waals surface area contributed by atoms with E-state index in [1.165, 1.54) is 18.3 Å². The summed E-state index contributed by atoms with van der Waals surface area (Å²) in [6.45, 7) is 1.80. The molecule has 0 saturated heterocycles. The highest BCUT2D eigenvalue weighted by Gasteiger charge is 2.17. The lowest BCUT2D eigenvalue weighted by Crippen LogP contribution is -2.09. The summed E-state index contributed by atoms with van der Waals surface area (Å²) in [6, 6.07) is 3.94. The third kappa shape index (κ3) is 2.26. The Morgan fingerprint density at radius 3 is 2.72 bits per heavy atom. The van der Waals surface area contributed by atoms with E-state index in [0.29, 0.717) is 5.69 Å². The van der Waals surface area contributed by atoms with E-state index in [2.05, 4.69) is 4.98 Å². The number of hydrogen-bond donors (Lipinski definition) is 1. The van der Waals surface area contributed by atoms with E-state index in [4.69, 9.17) is 0 Å². The quantitative estimate of drug-likeness (QED) is 0.910. The standard InChI is InChI=1S/C13H14F2N2O/c1-8-16-7-11(17(8)2)12(18)6-9-4-3-5-10(14)13(9)15/h3-5,7,12,18H,6H2,1-2H3. The van der Waals surface area contributed by atoms with Crippen molar-refractivity contribution in [3.05, 3.63) is 53.1 Å². The smallest absolute Gasteiger partial charge is 0.162 e. The fourth-order valence-electron chi connectivity index (χ4n) is 1.85. The number of aliphatic hydroxyl groups excluding tert-OH is 1. The van der Waals surface area contributed by atoms with Crippen LogP contribution in [0, 0.1) is 18.6 Å². The molecule has 5 heteroatoms. The molecule has 0 saturated carbocycles. The van der Waals surface area contributed by atoms with E-state index in [1.807, 2.05) is 0 Å². The van der Waals surface area contributed by atoms with Crippen molar-refractivity contribution in [3.8, 4) is 0 Å². The van der Waals surface area contributed by atoms with Gasteiger partial charge in [-0.05, 0) is 18.6 Å². The van der Waals surface area contributed by atoms with Gasteiger partial charge >= 0.3 is 0 Å². The molecule has 0 aliphatic heterocycles. The van der Waals surface area contributed by atoms with Crippen LogP contribution in [-0.4, -0.2) is 14.7 Å². The van der Waals surface area contributed by atoms with E-state index >= 15 is 0 Å². The first-order chi connectivity index (χ1) is 8.50. The highest BCUT2D eigenvalue weighted by Crippen LogP contribution is 2.21. The molecule has 1 heterocycles. The lowest BCUT2D eigenvalue weighted by molar-refractivity contribution is 0.168. The second kappa shape index (κ2) is 4.86. The molecular formula is C13H14F2N2O. The molecule has 0 fully saturated rings. The third-order valence-electron chi connectivity index (χ3n) is 3.04. The number of halogens is 2. The molecular weight excluding hydrogens is 238 g/mol. The first-order valence-electron chi connectivity index (χ1n) is 5.60. The molecule has 1 atom stereocenters. The third-order valence-corrected chi connectivity index (χ3v) is 3.04. The van der Waals surface area contributed by atoms with Gasteiger partial charge in [-0.3, -0.25) is 0 Å². The summed E-state index contributed by atoms with van der Waals surface area (Å²) in [7, 11) is 1.77. The van der Waals surface area contributed by atoms with Crippen LogP contribution >= 0.6 is 0 Å². The molecule has 1 unspecified atom stereocenters. The van der Waals surface area contributed by atoms with Crippen molar-refractivity contribution in [2.75, 3.05) is 0 Å². The second-order valence-electron chi connectivity index (χ2n) is 4.22. The minimum Gasteiger partial charge on any atom is -0.386 e. The molecule has 18 heavy (non-hydrogen) atoms. The van der Waals surface area contributed by atoms with Crippen molar-refractivity contribution in [2.45, 2.75) is 19.4 Å². The van der Waals surface area contributed by atoms with Crippen LogP contribution in [0.5, 0.6) is 0 Å². The van der Waals surface area contributed by atoms with E-state index in [9.17, 15) is 13.9 Å². The molecule has 1 aromatic carbocycles. The van der Waals surface area contributed by atoms with Crippen molar-refractivity contribution in [2.24, 2.45) is 7.05 Å². The lowest BCUT2D eigenvalue weighted by atomic mass is 10.1. The molecule has 0 aliphatic rings. The molecule has 1 aromatic heterocycles. The summed E-state index contributed by atoms with van der Waals surface area (Å²) < 4.78 is 28.2. The Kier molecular flexibility index (Phi) is 3.43. The minimum absolute atomic E-state index is 0.0164. The first kappa shape index (κ1) is 12.7. The van der Waals surface area contributed by atoms with Gasteiger partial charge in [0.25, 0.3) is 0 Å². The van der Waals surface area contributed by atoms with Crippen LogP contribution in [0.3, 0.4) is 0 Å². The molecule has 0 spiro atoms. The van der Waals surface area contributed by atoms with Crippen molar-refractivity contribution >= 4 is 0 Å². The zero-order valence-corrected chi connectivity index (χ0v) is 10.2. The van der Waals surface area contributed by atoms with Crippen molar-refractivity contribution in [1.29, 1.82) is 0 Å². The summed E-state index contributed by atoms with van der Waals surface area (Å²) in [5, 5.41) is 10.0. The Labute approximate surface area is 104 Å². The van der Waals surface area contributed by atoms with Crippen LogP contribution in [0.1, 0.15) is 23.2 Å². The number of imidazole rings is 1. The largest absolute Gasteiger partial charge is 0.386 e. The average molecular weight is 252 g/mol. The lowest BCUT2D eigenvalue weighted by Gasteiger charge is -2.12. The SMILES string of the molecule is Cc1ncc(C(O)Cc2cccc(F)c2F)n1C. The maximum Gasteiger partial charge on any atom is 0.162 e. The van der Waals surface area contributed by atoms with Crippen LogP contribution < -0.4 is 0 Å². The number of hydrogen-bond acceptors (Lipinski definition) is 2. The molecule has 2 rings (SSSR count). The number of benzene rings is 1. The van der Waals surface area contributed by atoms with Gasteiger partial charge in [-0.1, -0.05) is 12.1 Å². The Bertz CT molecular complexity index is 566. The van der Waals surface area contributed by atoms with Crippen LogP contribution in [0.25, 0.3) is 0 Å². The Hall–Kier alpha value is -1.75. The molecule has 2 aromatic rings. The number of aliphatic hydroxyl groups is 1. The molecule has 1 N–H and O–H groups in total. The Balaban J connectivity index is 2.24. The number of nitrogens with zero attached hydrogens (tertiary/aromatic N) is 2. The Morgan fingerprint density at radius 2 is 2.11 bits per heavy atom. The fourth-order valence-corrected chi connectivity index (χ4v) is 1.85. The zero-order valence-electron chi connectivity index (χ0n) is 10.2. The fraction of sp³-hybridized carbons (Fsp3) is 0.308. The van der Waals surface area contributed by atoms with Crippen LogP contribution in [0.2, 0.25) is 0 Å². The van der Waals surface area contributed by atoms with E-state index in [0.717, 1.165) is 11.9 Å². The number of aryl methyl sites for hydroxylation is 1. The van der Waals surface area contributed by atoms with E-state index < -0.39 is 17.7 Å². The van der Waals surface area contributed by atoms with Gasteiger partial charge in [0.15, 0.2) is 11.6 Å². The Morgan fingerprint density at radius 1 is 1.39 bits per heavy atom. The summed E-state index contributed by atoms with van der Waals surface area (Å²) in [4.78, 5) is 4.05.